The van der Waals surface area contributed by atoms with Crippen LogP contribution in [0.1, 0.15) is 65.7 Å². The molecular formula is C15H29NO2. The van der Waals surface area contributed by atoms with Gasteiger partial charge in [0, 0.05) is 19.5 Å². The predicted octanol–water partition coefficient (Wildman–Crippen LogP) is 2.97. The van der Waals surface area contributed by atoms with Gasteiger partial charge < -0.3 is 10.0 Å². The molecule has 0 aromatic heterocycles. The topological polar surface area (TPSA) is 40.5 Å². The summed E-state index contributed by atoms with van der Waals surface area (Å²) in [5.41, 5.74) is -0.795. The zero-order valence-electron chi connectivity index (χ0n) is 12.2. The molecule has 0 radical (unpaired) electrons. The number of carbonyl (C=O) groups is 1. The lowest BCUT2D eigenvalue weighted by atomic mass is 10.0. The fourth-order valence-electron chi connectivity index (χ4n) is 2.84. The van der Waals surface area contributed by atoms with Gasteiger partial charge in [-0.15, -0.1) is 0 Å². The van der Waals surface area contributed by atoms with Crippen molar-refractivity contribution in [3.63, 3.8) is 0 Å². The van der Waals surface area contributed by atoms with Gasteiger partial charge in [-0.05, 0) is 39.5 Å². The third-order valence-electron chi connectivity index (χ3n) is 3.79. The van der Waals surface area contributed by atoms with E-state index in [1.54, 1.807) is 18.7 Å². The first-order valence-electron chi connectivity index (χ1n) is 7.42. The Morgan fingerprint density at radius 1 is 1.33 bits per heavy atom. The highest BCUT2D eigenvalue weighted by Crippen LogP contribution is 2.29. The lowest BCUT2D eigenvalue weighted by Crippen LogP contribution is -2.42. The Kier molecular flexibility index (Phi) is 6.13. The molecule has 1 aliphatic carbocycles. The number of hydrogen-bond donors (Lipinski definition) is 1. The second-order valence-corrected chi connectivity index (χ2v) is 6.26. The molecule has 0 bridgehead atoms. The minimum Gasteiger partial charge on any atom is -0.389 e. The molecule has 18 heavy (non-hydrogen) atoms. The summed E-state index contributed by atoms with van der Waals surface area (Å²) in [4.78, 5) is 13.8. The quantitative estimate of drug-likeness (QED) is 0.760. The minimum atomic E-state index is -0.795. The Morgan fingerprint density at radius 2 is 1.94 bits per heavy atom. The van der Waals surface area contributed by atoms with Crippen LogP contribution in [0.25, 0.3) is 0 Å². The van der Waals surface area contributed by atoms with Gasteiger partial charge >= 0.3 is 0 Å². The number of aliphatic hydroxyl groups is 1. The summed E-state index contributed by atoms with van der Waals surface area (Å²) in [5.74, 6) is 1.06. The molecule has 1 saturated carbocycles. The SMILES string of the molecule is CCN(CC(C)(C)O)C(=O)CCCC1CCCC1. The third kappa shape index (κ3) is 5.85. The molecule has 1 aliphatic rings. The van der Waals surface area contributed by atoms with Crippen molar-refractivity contribution >= 4 is 5.91 Å². The van der Waals surface area contributed by atoms with Crippen molar-refractivity contribution in [3.8, 4) is 0 Å². The van der Waals surface area contributed by atoms with Gasteiger partial charge in [0.05, 0.1) is 5.60 Å². The van der Waals surface area contributed by atoms with Crippen molar-refractivity contribution < 1.29 is 9.90 Å². The van der Waals surface area contributed by atoms with Gasteiger partial charge in [-0.2, -0.15) is 0 Å². The summed E-state index contributed by atoms with van der Waals surface area (Å²) in [7, 11) is 0. The lowest BCUT2D eigenvalue weighted by molar-refractivity contribution is -0.134. The zero-order valence-corrected chi connectivity index (χ0v) is 12.2. The fraction of sp³-hybridized carbons (Fsp3) is 0.933. The van der Waals surface area contributed by atoms with Crippen molar-refractivity contribution in [2.24, 2.45) is 5.92 Å². The van der Waals surface area contributed by atoms with Crippen LogP contribution in [0, 0.1) is 5.92 Å². The van der Waals surface area contributed by atoms with E-state index in [2.05, 4.69) is 0 Å². The summed E-state index contributed by atoms with van der Waals surface area (Å²) in [6.07, 6.45) is 8.31. The molecule has 1 rings (SSSR count). The van der Waals surface area contributed by atoms with Crippen molar-refractivity contribution in [1.29, 1.82) is 0 Å². The van der Waals surface area contributed by atoms with Crippen LogP contribution in [0.2, 0.25) is 0 Å². The molecular weight excluding hydrogens is 226 g/mol. The summed E-state index contributed by atoms with van der Waals surface area (Å²) in [5, 5.41) is 9.77. The molecule has 0 aromatic carbocycles. The maximum absolute atomic E-state index is 12.0. The van der Waals surface area contributed by atoms with E-state index in [9.17, 15) is 9.90 Å². The minimum absolute atomic E-state index is 0.192. The van der Waals surface area contributed by atoms with E-state index < -0.39 is 5.60 Å². The maximum Gasteiger partial charge on any atom is 0.222 e. The van der Waals surface area contributed by atoms with Gasteiger partial charge in [0.2, 0.25) is 5.91 Å². The second-order valence-electron chi connectivity index (χ2n) is 6.26. The highest BCUT2D eigenvalue weighted by atomic mass is 16.3. The van der Waals surface area contributed by atoms with Crippen LogP contribution in [-0.2, 0) is 4.79 Å². The molecule has 106 valence electrons. The number of likely N-dealkylation sites (N-methyl/N-ethyl adjacent to an activating group) is 1. The molecule has 0 aromatic rings. The van der Waals surface area contributed by atoms with E-state index in [4.69, 9.17) is 0 Å². The van der Waals surface area contributed by atoms with Gasteiger partial charge in [0.1, 0.15) is 0 Å². The number of hydrogen-bond acceptors (Lipinski definition) is 2. The first kappa shape index (κ1) is 15.5. The highest BCUT2D eigenvalue weighted by Gasteiger charge is 2.21. The van der Waals surface area contributed by atoms with Gasteiger partial charge in [-0.3, -0.25) is 4.79 Å². The Bertz CT molecular complexity index is 252. The zero-order chi connectivity index (χ0) is 13.6. The van der Waals surface area contributed by atoms with Crippen LogP contribution < -0.4 is 0 Å². The molecule has 1 amide bonds. The summed E-state index contributed by atoms with van der Waals surface area (Å²) in [6, 6.07) is 0. The van der Waals surface area contributed by atoms with Crippen LogP contribution in [0.3, 0.4) is 0 Å². The Balaban J connectivity index is 2.24. The van der Waals surface area contributed by atoms with Gasteiger partial charge in [0.25, 0.3) is 0 Å². The van der Waals surface area contributed by atoms with Crippen LogP contribution >= 0.6 is 0 Å². The molecule has 1 N–H and O–H groups in total. The Hall–Kier alpha value is -0.570. The smallest absolute Gasteiger partial charge is 0.222 e. The number of carbonyl (C=O) groups excluding carboxylic acids is 1. The van der Waals surface area contributed by atoms with Gasteiger partial charge in [0.15, 0.2) is 0 Å². The van der Waals surface area contributed by atoms with Crippen LogP contribution in [-0.4, -0.2) is 34.6 Å². The van der Waals surface area contributed by atoms with Crippen LogP contribution in [0.15, 0.2) is 0 Å². The Morgan fingerprint density at radius 3 is 2.44 bits per heavy atom. The standard InChI is InChI=1S/C15H29NO2/c1-4-16(12-15(2,3)18)14(17)11-7-10-13-8-5-6-9-13/h13,18H,4-12H2,1-3H3. The van der Waals surface area contributed by atoms with Crippen LogP contribution in [0.5, 0.6) is 0 Å². The van der Waals surface area contributed by atoms with Gasteiger partial charge in [-0.1, -0.05) is 25.7 Å². The van der Waals surface area contributed by atoms with Crippen molar-refractivity contribution in [1.82, 2.24) is 4.90 Å². The van der Waals surface area contributed by atoms with Crippen molar-refractivity contribution in [3.05, 3.63) is 0 Å². The summed E-state index contributed by atoms with van der Waals surface area (Å²) in [6.45, 7) is 6.60. The average Bonchev–Trinajstić information content (AvgIpc) is 2.77. The number of rotatable bonds is 7. The molecule has 0 unspecified atom stereocenters. The van der Waals surface area contributed by atoms with Crippen molar-refractivity contribution in [2.45, 2.75) is 71.3 Å². The number of nitrogens with zero attached hydrogens (tertiary/aromatic N) is 1. The van der Waals surface area contributed by atoms with Gasteiger partial charge in [-0.25, -0.2) is 0 Å². The lowest BCUT2D eigenvalue weighted by Gasteiger charge is -2.28. The Labute approximate surface area is 112 Å². The largest absolute Gasteiger partial charge is 0.389 e. The first-order chi connectivity index (χ1) is 8.42. The van der Waals surface area contributed by atoms with Crippen LogP contribution in [0.4, 0.5) is 0 Å². The third-order valence-corrected chi connectivity index (χ3v) is 3.79. The predicted molar refractivity (Wildman–Crippen MR) is 74.4 cm³/mol. The van der Waals surface area contributed by atoms with E-state index in [0.29, 0.717) is 19.5 Å². The molecule has 0 saturated heterocycles. The highest BCUT2D eigenvalue weighted by molar-refractivity contribution is 5.76. The molecule has 3 heteroatoms. The van der Waals surface area contributed by atoms with E-state index in [-0.39, 0.29) is 5.91 Å². The molecule has 0 heterocycles. The first-order valence-corrected chi connectivity index (χ1v) is 7.42. The summed E-state index contributed by atoms with van der Waals surface area (Å²) >= 11 is 0. The second kappa shape index (κ2) is 7.13. The number of amides is 1. The summed E-state index contributed by atoms with van der Waals surface area (Å²) < 4.78 is 0. The molecule has 0 atom stereocenters. The average molecular weight is 255 g/mol. The molecule has 1 fully saturated rings. The van der Waals surface area contributed by atoms with E-state index in [0.717, 1.165) is 12.3 Å². The molecule has 0 aliphatic heterocycles. The molecule has 3 nitrogen and oxygen atoms in total. The van der Waals surface area contributed by atoms with E-state index >= 15 is 0 Å². The molecule has 0 spiro atoms. The normalized spacial score (nSPS) is 17.1. The van der Waals surface area contributed by atoms with E-state index in [1.807, 2.05) is 6.92 Å². The fourth-order valence-corrected chi connectivity index (χ4v) is 2.84. The monoisotopic (exact) mass is 255 g/mol. The van der Waals surface area contributed by atoms with Crippen molar-refractivity contribution in [2.75, 3.05) is 13.1 Å². The van der Waals surface area contributed by atoms with E-state index in [1.165, 1.54) is 32.1 Å². The maximum atomic E-state index is 12.0.